The van der Waals surface area contributed by atoms with Crippen LogP contribution in [0.2, 0.25) is 0 Å². The molecule has 0 aromatic heterocycles. The summed E-state index contributed by atoms with van der Waals surface area (Å²) in [6.45, 7) is 0.294. The Kier molecular flexibility index (Phi) is 4.73. The van der Waals surface area contributed by atoms with Gasteiger partial charge in [0, 0.05) is 32.2 Å². The molecule has 2 amide bonds. The van der Waals surface area contributed by atoms with Gasteiger partial charge in [0.05, 0.1) is 12.5 Å². The fourth-order valence-corrected chi connectivity index (χ4v) is 4.33. The third-order valence-corrected chi connectivity index (χ3v) is 6.03. The second-order valence-electron chi connectivity index (χ2n) is 6.68. The zero-order chi connectivity index (χ0) is 19.2. The van der Waals surface area contributed by atoms with Gasteiger partial charge in [-0.05, 0) is 30.3 Å². The van der Waals surface area contributed by atoms with Crippen LogP contribution < -0.4 is 15.4 Å². The lowest BCUT2D eigenvalue weighted by Crippen LogP contribution is -2.54. The summed E-state index contributed by atoms with van der Waals surface area (Å²) in [7, 11) is 0. The minimum Gasteiger partial charge on any atom is -0.491 e. The van der Waals surface area contributed by atoms with Crippen LogP contribution in [0.1, 0.15) is 17.5 Å². The Labute approximate surface area is 172 Å². The third-order valence-electron chi connectivity index (χ3n) is 4.79. The zero-order valence-electron chi connectivity index (χ0n) is 14.1. The molecule has 6 nitrogen and oxygen atoms in total. The van der Waals surface area contributed by atoms with Gasteiger partial charge in [-0.25, -0.2) is 0 Å². The number of aliphatic hydroxyl groups is 1. The molecule has 2 heterocycles. The average molecular weight is 496 g/mol. The lowest BCUT2D eigenvalue weighted by atomic mass is 9.84. The Hall–Kier alpha value is -1.90. The number of anilines is 1. The highest BCUT2D eigenvalue weighted by atomic mass is 79.9. The minimum absolute atomic E-state index is 0.294. The maximum absolute atomic E-state index is 13.0. The van der Waals surface area contributed by atoms with Crippen molar-refractivity contribution in [3.8, 4) is 5.75 Å². The molecule has 3 N–H and O–H groups in total. The van der Waals surface area contributed by atoms with E-state index in [4.69, 9.17) is 4.74 Å². The quantitative estimate of drug-likeness (QED) is 0.597. The SMILES string of the molecule is O=C1CC(O)(C(=O)NC2COc3cccc(Br)c3C2)c2cc(Br)ccc2N1. The number of carbonyl (C=O) groups excluding carboxylic acids is 2. The number of fused-ring (bicyclic) bond motifs is 2. The molecule has 2 aromatic rings. The van der Waals surface area contributed by atoms with Crippen LogP contribution in [0.3, 0.4) is 0 Å². The number of amides is 2. The number of hydrogen-bond donors (Lipinski definition) is 3. The average Bonchev–Trinajstić information content (AvgIpc) is 2.63. The molecule has 140 valence electrons. The van der Waals surface area contributed by atoms with Gasteiger partial charge in [0.25, 0.3) is 5.91 Å². The van der Waals surface area contributed by atoms with Crippen molar-refractivity contribution in [1.29, 1.82) is 0 Å². The number of nitrogens with one attached hydrogen (secondary N) is 2. The van der Waals surface area contributed by atoms with Crippen molar-refractivity contribution in [2.45, 2.75) is 24.5 Å². The van der Waals surface area contributed by atoms with Gasteiger partial charge in [-0.2, -0.15) is 0 Å². The van der Waals surface area contributed by atoms with E-state index in [1.165, 1.54) is 0 Å². The lowest BCUT2D eigenvalue weighted by Gasteiger charge is -2.35. The van der Waals surface area contributed by atoms with Crippen LogP contribution in [0.5, 0.6) is 5.75 Å². The van der Waals surface area contributed by atoms with Crippen molar-refractivity contribution >= 4 is 49.4 Å². The summed E-state index contributed by atoms with van der Waals surface area (Å²) in [4.78, 5) is 25.0. The van der Waals surface area contributed by atoms with E-state index < -0.39 is 17.4 Å². The van der Waals surface area contributed by atoms with Crippen LogP contribution in [0.25, 0.3) is 0 Å². The summed E-state index contributed by atoms with van der Waals surface area (Å²) < 4.78 is 7.35. The first kappa shape index (κ1) is 18.5. The molecular weight excluding hydrogens is 480 g/mol. The number of ether oxygens (including phenoxy) is 1. The minimum atomic E-state index is -1.93. The Morgan fingerprint density at radius 1 is 1.30 bits per heavy atom. The summed E-state index contributed by atoms with van der Waals surface area (Å²) >= 11 is 6.85. The van der Waals surface area contributed by atoms with Crippen molar-refractivity contribution in [2.24, 2.45) is 0 Å². The van der Waals surface area contributed by atoms with Crippen molar-refractivity contribution in [3.05, 3.63) is 56.5 Å². The molecule has 0 aliphatic carbocycles. The largest absolute Gasteiger partial charge is 0.491 e. The fourth-order valence-electron chi connectivity index (χ4n) is 3.46. The van der Waals surface area contributed by atoms with Crippen LogP contribution in [0.4, 0.5) is 5.69 Å². The first-order chi connectivity index (χ1) is 12.9. The Bertz CT molecular complexity index is 949. The first-order valence-corrected chi connectivity index (χ1v) is 9.99. The van der Waals surface area contributed by atoms with Crippen molar-refractivity contribution in [3.63, 3.8) is 0 Å². The van der Waals surface area contributed by atoms with E-state index in [0.717, 1.165) is 15.8 Å². The third kappa shape index (κ3) is 3.37. The van der Waals surface area contributed by atoms with Gasteiger partial charge < -0.3 is 20.5 Å². The predicted molar refractivity (Wildman–Crippen MR) is 107 cm³/mol. The molecule has 2 aliphatic rings. The van der Waals surface area contributed by atoms with Crippen LogP contribution in [-0.4, -0.2) is 29.6 Å². The molecule has 27 heavy (non-hydrogen) atoms. The monoisotopic (exact) mass is 494 g/mol. The highest BCUT2D eigenvalue weighted by Gasteiger charge is 2.46. The predicted octanol–water partition coefficient (Wildman–Crippen LogP) is 2.86. The number of halogens is 2. The van der Waals surface area contributed by atoms with Crippen LogP contribution in [-0.2, 0) is 21.6 Å². The summed E-state index contributed by atoms with van der Waals surface area (Å²) in [5.74, 6) is -0.240. The van der Waals surface area contributed by atoms with Crippen molar-refractivity contribution in [2.75, 3.05) is 11.9 Å². The molecule has 2 atom stereocenters. The molecule has 8 heteroatoms. The molecule has 0 radical (unpaired) electrons. The smallest absolute Gasteiger partial charge is 0.257 e. The molecule has 0 saturated carbocycles. The van der Waals surface area contributed by atoms with Gasteiger partial charge in [-0.1, -0.05) is 37.9 Å². The van der Waals surface area contributed by atoms with Crippen LogP contribution in [0, 0.1) is 0 Å². The number of benzene rings is 2. The van der Waals surface area contributed by atoms with Gasteiger partial charge in [0.1, 0.15) is 12.4 Å². The normalized spacial score (nSPS) is 23.5. The molecule has 2 unspecified atom stereocenters. The molecule has 2 aliphatic heterocycles. The molecular formula is C19H16Br2N2O4. The lowest BCUT2D eigenvalue weighted by molar-refractivity contribution is -0.147. The fraction of sp³-hybridized carbons (Fsp3) is 0.263. The number of rotatable bonds is 2. The van der Waals surface area contributed by atoms with Crippen molar-refractivity contribution in [1.82, 2.24) is 5.32 Å². The van der Waals surface area contributed by atoms with E-state index in [2.05, 4.69) is 42.5 Å². The Balaban J connectivity index is 1.59. The van der Waals surface area contributed by atoms with Gasteiger partial charge in [0.15, 0.2) is 5.60 Å². The summed E-state index contributed by atoms with van der Waals surface area (Å²) in [6, 6.07) is 10.4. The van der Waals surface area contributed by atoms with E-state index >= 15 is 0 Å². The van der Waals surface area contributed by atoms with Gasteiger partial charge in [-0.3, -0.25) is 9.59 Å². The maximum atomic E-state index is 13.0. The number of carbonyl (C=O) groups is 2. The highest BCUT2D eigenvalue weighted by molar-refractivity contribution is 9.10. The second kappa shape index (κ2) is 6.92. The van der Waals surface area contributed by atoms with E-state index in [-0.39, 0.29) is 12.5 Å². The Morgan fingerprint density at radius 3 is 2.93 bits per heavy atom. The maximum Gasteiger partial charge on any atom is 0.257 e. The van der Waals surface area contributed by atoms with Gasteiger partial charge in [-0.15, -0.1) is 0 Å². The summed E-state index contributed by atoms with van der Waals surface area (Å²) in [5.41, 5.74) is -0.173. The van der Waals surface area contributed by atoms with E-state index in [0.29, 0.717) is 28.8 Å². The van der Waals surface area contributed by atoms with Crippen LogP contribution in [0.15, 0.2) is 45.3 Å². The molecule has 2 aromatic carbocycles. The van der Waals surface area contributed by atoms with Gasteiger partial charge in [0.2, 0.25) is 5.91 Å². The molecule has 0 bridgehead atoms. The highest BCUT2D eigenvalue weighted by Crippen LogP contribution is 2.38. The van der Waals surface area contributed by atoms with Crippen LogP contribution >= 0.6 is 31.9 Å². The van der Waals surface area contributed by atoms with E-state index in [1.807, 2.05) is 18.2 Å². The topological polar surface area (TPSA) is 87.7 Å². The molecule has 4 rings (SSSR count). The Morgan fingerprint density at radius 2 is 2.11 bits per heavy atom. The second-order valence-corrected chi connectivity index (χ2v) is 8.45. The van der Waals surface area contributed by atoms with Crippen molar-refractivity contribution < 1.29 is 19.4 Å². The summed E-state index contributed by atoms with van der Waals surface area (Å²) in [5, 5.41) is 16.7. The van der Waals surface area contributed by atoms with E-state index in [9.17, 15) is 14.7 Å². The van der Waals surface area contributed by atoms with E-state index in [1.54, 1.807) is 18.2 Å². The standard InChI is InChI=1S/C19H16Br2N2O4/c20-10-4-5-15-13(6-10)19(26,8-17(24)23-15)18(25)22-11-7-12-14(21)2-1-3-16(12)27-9-11/h1-6,11,26H,7-9H2,(H,22,25)(H,23,24). The summed E-state index contributed by atoms with van der Waals surface area (Å²) in [6.07, 6.45) is 0.228. The molecule has 0 fully saturated rings. The molecule has 0 saturated heterocycles. The first-order valence-electron chi connectivity index (χ1n) is 8.40. The number of hydrogen-bond acceptors (Lipinski definition) is 4. The zero-order valence-corrected chi connectivity index (χ0v) is 17.3. The molecule has 0 spiro atoms. The van der Waals surface area contributed by atoms with Gasteiger partial charge >= 0.3 is 0 Å².